The van der Waals surface area contributed by atoms with Crippen LogP contribution in [0.4, 0.5) is 0 Å². The van der Waals surface area contributed by atoms with Crippen LogP contribution in [-0.4, -0.2) is 53.7 Å². The predicted octanol–water partition coefficient (Wildman–Crippen LogP) is 2.08. The van der Waals surface area contributed by atoms with Crippen molar-refractivity contribution in [3.63, 3.8) is 0 Å². The summed E-state index contributed by atoms with van der Waals surface area (Å²) in [6.07, 6.45) is 0. The summed E-state index contributed by atoms with van der Waals surface area (Å²) in [4.78, 5) is 28.1. The smallest absolute Gasteiger partial charge is 0.242 e. The fourth-order valence-electron chi connectivity index (χ4n) is 2.43. The van der Waals surface area contributed by atoms with E-state index in [9.17, 15) is 9.59 Å². The summed E-state index contributed by atoms with van der Waals surface area (Å²) in [5, 5.41) is 0.608. The molecular formula is C15H19ClN2O2. The van der Waals surface area contributed by atoms with Gasteiger partial charge in [-0.3, -0.25) is 14.5 Å². The Hall–Kier alpha value is -1.39. The highest BCUT2D eigenvalue weighted by Gasteiger charge is 2.40. The Balaban J connectivity index is 2.11. The molecule has 1 aromatic carbocycles. The SMILES string of the molecule is CN1CCN(CC(=O)c2ccc(Cl)cc2)C(C)(C)C1=O. The van der Waals surface area contributed by atoms with Crippen LogP contribution in [0.3, 0.4) is 0 Å². The first-order chi connectivity index (χ1) is 9.32. The van der Waals surface area contributed by atoms with Gasteiger partial charge in [-0.2, -0.15) is 0 Å². The van der Waals surface area contributed by atoms with Crippen LogP contribution < -0.4 is 0 Å². The summed E-state index contributed by atoms with van der Waals surface area (Å²) < 4.78 is 0. The molecule has 1 saturated heterocycles. The number of piperazine rings is 1. The molecule has 1 aliphatic rings. The number of Topliss-reactive ketones (excluding diaryl/α,β-unsaturated/α-hetero) is 1. The van der Waals surface area contributed by atoms with E-state index in [0.29, 0.717) is 23.7 Å². The van der Waals surface area contributed by atoms with Crippen molar-refractivity contribution < 1.29 is 9.59 Å². The fourth-order valence-corrected chi connectivity index (χ4v) is 2.56. The number of hydrogen-bond acceptors (Lipinski definition) is 3. The zero-order valence-corrected chi connectivity index (χ0v) is 12.8. The summed E-state index contributed by atoms with van der Waals surface area (Å²) in [5.41, 5.74) is -0.0219. The topological polar surface area (TPSA) is 40.6 Å². The molecule has 1 aromatic rings. The number of nitrogens with zero attached hydrogens (tertiary/aromatic N) is 2. The lowest BCUT2D eigenvalue weighted by Gasteiger charge is -2.44. The van der Waals surface area contributed by atoms with E-state index in [4.69, 9.17) is 11.6 Å². The summed E-state index contributed by atoms with van der Waals surface area (Å²) in [6.45, 7) is 5.32. The van der Waals surface area contributed by atoms with E-state index >= 15 is 0 Å². The number of benzene rings is 1. The van der Waals surface area contributed by atoms with Crippen LogP contribution in [0.15, 0.2) is 24.3 Å². The van der Waals surface area contributed by atoms with Crippen molar-refractivity contribution in [3.8, 4) is 0 Å². The molecule has 1 heterocycles. The molecule has 0 atom stereocenters. The average Bonchev–Trinajstić information content (AvgIpc) is 2.40. The van der Waals surface area contributed by atoms with Crippen LogP contribution in [0.1, 0.15) is 24.2 Å². The monoisotopic (exact) mass is 294 g/mol. The number of ketones is 1. The highest BCUT2D eigenvalue weighted by atomic mass is 35.5. The first-order valence-electron chi connectivity index (χ1n) is 6.62. The number of rotatable bonds is 3. The van der Waals surface area contributed by atoms with Gasteiger partial charge < -0.3 is 4.90 Å². The van der Waals surface area contributed by atoms with Gasteiger partial charge in [0.2, 0.25) is 5.91 Å². The molecule has 1 fully saturated rings. The van der Waals surface area contributed by atoms with E-state index in [-0.39, 0.29) is 18.2 Å². The zero-order valence-electron chi connectivity index (χ0n) is 12.0. The number of halogens is 1. The van der Waals surface area contributed by atoms with Gasteiger partial charge in [-0.15, -0.1) is 0 Å². The molecule has 0 aliphatic carbocycles. The maximum Gasteiger partial charge on any atom is 0.242 e. The van der Waals surface area contributed by atoms with Crippen molar-refractivity contribution in [1.82, 2.24) is 9.80 Å². The second-order valence-corrected chi connectivity index (χ2v) is 6.07. The van der Waals surface area contributed by atoms with Crippen molar-refractivity contribution in [3.05, 3.63) is 34.9 Å². The lowest BCUT2D eigenvalue weighted by molar-refractivity contribution is -0.146. The Labute approximate surface area is 124 Å². The number of carbonyl (C=O) groups is 2. The fraction of sp³-hybridized carbons (Fsp3) is 0.467. The summed E-state index contributed by atoms with van der Waals surface area (Å²) in [6, 6.07) is 6.84. The van der Waals surface area contributed by atoms with E-state index in [0.717, 1.165) is 0 Å². The molecule has 0 aromatic heterocycles. The predicted molar refractivity (Wildman–Crippen MR) is 79.1 cm³/mol. The number of likely N-dealkylation sites (N-methyl/N-ethyl adjacent to an activating group) is 1. The van der Waals surface area contributed by atoms with Gasteiger partial charge >= 0.3 is 0 Å². The Kier molecular flexibility index (Phi) is 4.16. The second kappa shape index (κ2) is 5.54. The molecule has 0 radical (unpaired) electrons. The normalized spacial score (nSPS) is 19.2. The van der Waals surface area contributed by atoms with Gasteiger partial charge in [-0.25, -0.2) is 0 Å². The van der Waals surface area contributed by atoms with Crippen molar-refractivity contribution >= 4 is 23.3 Å². The Morgan fingerprint density at radius 2 is 1.85 bits per heavy atom. The minimum absolute atomic E-state index is 0.00657. The highest BCUT2D eigenvalue weighted by molar-refractivity contribution is 6.30. The van der Waals surface area contributed by atoms with Gasteiger partial charge in [0.05, 0.1) is 12.1 Å². The summed E-state index contributed by atoms with van der Waals surface area (Å²) >= 11 is 5.82. The van der Waals surface area contributed by atoms with E-state index in [1.54, 1.807) is 36.2 Å². The molecule has 1 aliphatic heterocycles. The molecule has 4 nitrogen and oxygen atoms in total. The third-order valence-corrected chi connectivity index (χ3v) is 4.12. The minimum Gasteiger partial charge on any atom is -0.343 e. The molecular weight excluding hydrogens is 276 g/mol. The van der Waals surface area contributed by atoms with E-state index in [1.165, 1.54) is 0 Å². The van der Waals surface area contributed by atoms with Crippen molar-refractivity contribution in [2.24, 2.45) is 0 Å². The summed E-state index contributed by atoms with van der Waals surface area (Å²) in [7, 11) is 1.79. The van der Waals surface area contributed by atoms with Gasteiger partial charge in [-0.1, -0.05) is 11.6 Å². The minimum atomic E-state index is -0.644. The molecule has 2 rings (SSSR count). The van der Waals surface area contributed by atoms with Gasteiger partial charge in [0.25, 0.3) is 0 Å². The molecule has 0 saturated carbocycles. The third kappa shape index (κ3) is 2.86. The molecule has 20 heavy (non-hydrogen) atoms. The van der Waals surface area contributed by atoms with Crippen LogP contribution in [-0.2, 0) is 4.79 Å². The maximum atomic E-state index is 12.3. The Morgan fingerprint density at radius 1 is 1.25 bits per heavy atom. The largest absolute Gasteiger partial charge is 0.343 e. The molecule has 0 N–H and O–H groups in total. The highest BCUT2D eigenvalue weighted by Crippen LogP contribution is 2.22. The number of amides is 1. The van der Waals surface area contributed by atoms with Gasteiger partial charge in [0.15, 0.2) is 5.78 Å². The van der Waals surface area contributed by atoms with Crippen LogP contribution in [0, 0.1) is 0 Å². The van der Waals surface area contributed by atoms with E-state index in [1.807, 2.05) is 18.7 Å². The standard InChI is InChI=1S/C15H19ClN2O2/c1-15(2)14(20)17(3)8-9-18(15)10-13(19)11-4-6-12(16)7-5-11/h4-7H,8-10H2,1-3H3. The maximum absolute atomic E-state index is 12.3. The Morgan fingerprint density at radius 3 is 2.45 bits per heavy atom. The molecule has 0 bridgehead atoms. The molecule has 5 heteroatoms. The first kappa shape index (κ1) is 15.0. The van der Waals surface area contributed by atoms with Gasteiger partial charge in [0, 0.05) is 30.7 Å². The summed E-state index contributed by atoms with van der Waals surface area (Å²) in [5.74, 6) is 0.0553. The van der Waals surface area contributed by atoms with Gasteiger partial charge in [0.1, 0.15) is 0 Å². The van der Waals surface area contributed by atoms with E-state index in [2.05, 4.69) is 0 Å². The van der Waals surface area contributed by atoms with Crippen LogP contribution >= 0.6 is 11.6 Å². The lowest BCUT2D eigenvalue weighted by atomic mass is 9.96. The molecule has 1 amide bonds. The van der Waals surface area contributed by atoms with Crippen LogP contribution in [0.5, 0.6) is 0 Å². The van der Waals surface area contributed by atoms with Crippen molar-refractivity contribution in [2.75, 3.05) is 26.7 Å². The van der Waals surface area contributed by atoms with E-state index < -0.39 is 5.54 Å². The second-order valence-electron chi connectivity index (χ2n) is 5.64. The zero-order chi connectivity index (χ0) is 14.9. The molecule has 0 spiro atoms. The third-order valence-electron chi connectivity index (χ3n) is 3.87. The molecule has 108 valence electrons. The molecule has 0 unspecified atom stereocenters. The Bertz CT molecular complexity index is 525. The van der Waals surface area contributed by atoms with Crippen molar-refractivity contribution in [2.45, 2.75) is 19.4 Å². The van der Waals surface area contributed by atoms with Crippen LogP contribution in [0.2, 0.25) is 5.02 Å². The number of hydrogen-bond donors (Lipinski definition) is 0. The number of carbonyl (C=O) groups excluding carboxylic acids is 2. The quantitative estimate of drug-likeness (QED) is 0.802. The first-order valence-corrected chi connectivity index (χ1v) is 6.99. The lowest BCUT2D eigenvalue weighted by Crippen LogP contribution is -2.62. The van der Waals surface area contributed by atoms with Crippen molar-refractivity contribution in [1.29, 1.82) is 0 Å². The average molecular weight is 295 g/mol. The van der Waals surface area contributed by atoms with Crippen LogP contribution in [0.25, 0.3) is 0 Å². The van der Waals surface area contributed by atoms with Gasteiger partial charge in [-0.05, 0) is 38.1 Å².